The van der Waals surface area contributed by atoms with E-state index in [1.165, 1.54) is 10.5 Å². The van der Waals surface area contributed by atoms with E-state index in [0.29, 0.717) is 0 Å². The van der Waals surface area contributed by atoms with Crippen molar-refractivity contribution in [1.29, 1.82) is 0 Å². The summed E-state index contributed by atoms with van der Waals surface area (Å²) in [6, 6.07) is 14.2. The molecular formula is C13H11NOS. The van der Waals surface area contributed by atoms with Gasteiger partial charge >= 0.3 is 0 Å². The van der Waals surface area contributed by atoms with Crippen LogP contribution in [0.25, 0.3) is 11.1 Å². The molecule has 3 rings (SSSR count). The van der Waals surface area contributed by atoms with Gasteiger partial charge in [0.25, 0.3) is 0 Å². The normalized spacial score (nSPS) is 12.6. The molecule has 0 radical (unpaired) electrons. The van der Waals surface area contributed by atoms with Crippen LogP contribution in [0.15, 0.2) is 47.4 Å². The number of nitrogens with one attached hydrogen (secondary N) is 1. The number of rotatable bonds is 1. The first kappa shape index (κ1) is 9.75. The zero-order valence-electron chi connectivity index (χ0n) is 8.60. The number of anilines is 1. The monoisotopic (exact) mass is 229 g/mol. The summed E-state index contributed by atoms with van der Waals surface area (Å²) in [5, 5.41) is 9.39. The Kier molecular flexibility index (Phi) is 2.35. The van der Waals surface area contributed by atoms with Crippen LogP contribution in [-0.4, -0.2) is 5.11 Å². The van der Waals surface area contributed by atoms with E-state index in [-0.39, 0.29) is 6.61 Å². The Morgan fingerprint density at radius 2 is 1.94 bits per heavy atom. The Balaban J connectivity index is 2.30. The fraction of sp³-hybridized carbons (Fsp3) is 0.0769. The van der Waals surface area contributed by atoms with E-state index in [0.717, 1.165) is 16.8 Å². The molecule has 2 aromatic rings. The fourth-order valence-electron chi connectivity index (χ4n) is 2.00. The minimum Gasteiger partial charge on any atom is -0.392 e. The molecule has 0 aromatic heterocycles. The molecule has 0 saturated carbocycles. The van der Waals surface area contributed by atoms with Gasteiger partial charge in [-0.2, -0.15) is 0 Å². The highest BCUT2D eigenvalue weighted by Crippen LogP contribution is 2.43. The van der Waals surface area contributed by atoms with E-state index in [9.17, 15) is 5.11 Å². The lowest BCUT2D eigenvalue weighted by Crippen LogP contribution is -2.01. The van der Waals surface area contributed by atoms with E-state index in [2.05, 4.69) is 22.9 Å². The van der Waals surface area contributed by atoms with Crippen LogP contribution >= 0.6 is 11.9 Å². The Bertz CT molecular complexity index is 525. The second-order valence-corrected chi connectivity index (χ2v) is 4.55. The van der Waals surface area contributed by atoms with Gasteiger partial charge in [-0.1, -0.05) is 30.3 Å². The maximum Gasteiger partial charge on any atom is 0.0688 e. The third kappa shape index (κ3) is 1.40. The van der Waals surface area contributed by atoms with Gasteiger partial charge in [-0.05, 0) is 29.6 Å². The molecule has 3 heteroatoms. The molecule has 0 spiro atoms. The number of aliphatic hydroxyl groups excluding tert-OH is 1. The maximum absolute atomic E-state index is 9.39. The van der Waals surface area contributed by atoms with E-state index in [1.807, 2.05) is 24.3 Å². The van der Waals surface area contributed by atoms with Crippen molar-refractivity contribution >= 4 is 17.6 Å². The Morgan fingerprint density at radius 1 is 1.06 bits per heavy atom. The predicted molar refractivity (Wildman–Crippen MR) is 67.3 cm³/mol. The van der Waals surface area contributed by atoms with Crippen molar-refractivity contribution in [3.8, 4) is 11.1 Å². The molecule has 0 amide bonds. The van der Waals surface area contributed by atoms with Crippen molar-refractivity contribution in [3.05, 3.63) is 48.0 Å². The third-order valence-electron chi connectivity index (χ3n) is 2.75. The summed E-state index contributed by atoms with van der Waals surface area (Å²) in [5.74, 6) is 0. The van der Waals surface area contributed by atoms with Crippen LogP contribution in [0.3, 0.4) is 0 Å². The van der Waals surface area contributed by atoms with Gasteiger partial charge < -0.3 is 9.83 Å². The minimum atomic E-state index is 0.0814. The second kappa shape index (κ2) is 3.85. The van der Waals surface area contributed by atoms with E-state index in [1.54, 1.807) is 11.9 Å². The topological polar surface area (TPSA) is 32.3 Å². The van der Waals surface area contributed by atoms with Gasteiger partial charge in [0, 0.05) is 16.0 Å². The largest absolute Gasteiger partial charge is 0.392 e. The Labute approximate surface area is 98.5 Å². The Hall–Kier alpha value is -1.45. The van der Waals surface area contributed by atoms with Gasteiger partial charge in [-0.3, -0.25) is 0 Å². The molecule has 0 bridgehead atoms. The molecule has 2 N–H and O–H groups in total. The van der Waals surface area contributed by atoms with Crippen LogP contribution in [0.1, 0.15) is 5.56 Å². The number of para-hydroxylation sites is 1. The molecule has 16 heavy (non-hydrogen) atoms. The molecule has 0 aliphatic carbocycles. The predicted octanol–water partition coefficient (Wildman–Crippen LogP) is 3.28. The van der Waals surface area contributed by atoms with Crippen LogP contribution in [0.2, 0.25) is 0 Å². The van der Waals surface area contributed by atoms with Crippen LogP contribution in [0.5, 0.6) is 0 Å². The first-order valence-corrected chi connectivity index (χ1v) is 5.97. The van der Waals surface area contributed by atoms with E-state index >= 15 is 0 Å². The van der Waals surface area contributed by atoms with E-state index in [4.69, 9.17) is 0 Å². The quantitative estimate of drug-likeness (QED) is 0.736. The molecule has 1 heterocycles. The van der Waals surface area contributed by atoms with Crippen molar-refractivity contribution in [2.45, 2.75) is 11.5 Å². The molecule has 1 aliphatic rings. The summed E-state index contributed by atoms with van der Waals surface area (Å²) in [5.41, 5.74) is 4.42. The lowest BCUT2D eigenvalue weighted by molar-refractivity contribution is 0.282. The molecule has 1 aliphatic heterocycles. The molecule has 80 valence electrons. The summed E-state index contributed by atoms with van der Waals surface area (Å²) in [6.07, 6.45) is 0. The molecule has 0 atom stereocenters. The lowest BCUT2D eigenvalue weighted by atomic mass is 9.98. The zero-order chi connectivity index (χ0) is 11.0. The van der Waals surface area contributed by atoms with Gasteiger partial charge in [-0.15, -0.1) is 0 Å². The standard InChI is InChI=1S/C13H11NOS/c15-8-9-4-3-7-12-13(9)10-5-1-2-6-11(10)14-16-12/h1-7,14-15H,8H2. The van der Waals surface area contributed by atoms with Gasteiger partial charge in [0.05, 0.1) is 12.3 Å². The molecule has 2 aromatic carbocycles. The zero-order valence-corrected chi connectivity index (χ0v) is 9.42. The fourth-order valence-corrected chi connectivity index (χ4v) is 2.89. The van der Waals surface area contributed by atoms with Gasteiger partial charge in [-0.25, -0.2) is 0 Å². The van der Waals surface area contributed by atoms with Crippen LogP contribution in [0, 0.1) is 0 Å². The molecule has 0 fully saturated rings. The maximum atomic E-state index is 9.39. The van der Waals surface area contributed by atoms with Gasteiger partial charge in [0.15, 0.2) is 0 Å². The lowest BCUT2D eigenvalue weighted by Gasteiger charge is -2.22. The van der Waals surface area contributed by atoms with Crippen molar-refractivity contribution < 1.29 is 5.11 Å². The highest BCUT2D eigenvalue weighted by atomic mass is 32.2. The number of hydrogen-bond acceptors (Lipinski definition) is 3. The van der Waals surface area contributed by atoms with Crippen molar-refractivity contribution in [1.82, 2.24) is 0 Å². The van der Waals surface area contributed by atoms with Gasteiger partial charge in [0.2, 0.25) is 0 Å². The van der Waals surface area contributed by atoms with Crippen LogP contribution in [-0.2, 0) is 6.61 Å². The smallest absolute Gasteiger partial charge is 0.0688 e. The summed E-state index contributed by atoms with van der Waals surface area (Å²) in [4.78, 5) is 1.17. The average Bonchev–Trinajstić information content (AvgIpc) is 2.37. The molecule has 0 saturated heterocycles. The van der Waals surface area contributed by atoms with Crippen LogP contribution < -0.4 is 4.72 Å². The van der Waals surface area contributed by atoms with Crippen molar-refractivity contribution in [3.63, 3.8) is 0 Å². The highest BCUT2D eigenvalue weighted by molar-refractivity contribution is 8.00. The third-order valence-corrected chi connectivity index (χ3v) is 3.63. The number of benzene rings is 2. The highest BCUT2D eigenvalue weighted by Gasteiger charge is 2.18. The number of hydrogen-bond donors (Lipinski definition) is 2. The van der Waals surface area contributed by atoms with Crippen molar-refractivity contribution in [2.75, 3.05) is 4.72 Å². The van der Waals surface area contributed by atoms with E-state index < -0.39 is 0 Å². The summed E-state index contributed by atoms with van der Waals surface area (Å²) in [7, 11) is 0. The van der Waals surface area contributed by atoms with Crippen LogP contribution in [0.4, 0.5) is 5.69 Å². The van der Waals surface area contributed by atoms with Gasteiger partial charge in [0.1, 0.15) is 0 Å². The first-order valence-electron chi connectivity index (χ1n) is 5.15. The minimum absolute atomic E-state index is 0.0814. The average molecular weight is 229 g/mol. The second-order valence-electron chi connectivity index (χ2n) is 3.70. The first-order chi connectivity index (χ1) is 7.90. The molecule has 2 nitrogen and oxygen atoms in total. The number of aliphatic hydroxyl groups is 1. The van der Waals surface area contributed by atoms with Crippen molar-refractivity contribution in [2.24, 2.45) is 0 Å². The number of fused-ring (bicyclic) bond motifs is 3. The summed E-state index contributed by atoms with van der Waals surface area (Å²) >= 11 is 1.60. The molecule has 0 unspecified atom stereocenters. The summed E-state index contributed by atoms with van der Waals surface area (Å²) in [6.45, 7) is 0.0814. The Morgan fingerprint density at radius 3 is 2.81 bits per heavy atom. The summed E-state index contributed by atoms with van der Waals surface area (Å²) < 4.78 is 3.31. The SMILES string of the molecule is OCc1cccc2c1-c1ccccc1NS2. The molecular weight excluding hydrogens is 218 g/mol.